The number of aryl methyl sites for hydroxylation is 3. The van der Waals surface area contributed by atoms with Crippen molar-refractivity contribution in [2.75, 3.05) is 11.9 Å². The molecule has 0 spiro atoms. The van der Waals surface area contributed by atoms with Gasteiger partial charge in [0.05, 0.1) is 0 Å². The Morgan fingerprint density at radius 2 is 1.53 bits per heavy atom. The van der Waals surface area contributed by atoms with E-state index in [0.29, 0.717) is 0 Å². The fourth-order valence-electron chi connectivity index (χ4n) is 2.44. The summed E-state index contributed by atoms with van der Waals surface area (Å²) in [6.07, 6.45) is 1.00. The molecule has 0 aromatic heterocycles. The van der Waals surface area contributed by atoms with E-state index in [4.69, 9.17) is 11.6 Å². The normalized spacial score (nSPS) is 10.5. The zero-order chi connectivity index (χ0) is 13.8. The number of hydrogen-bond donors (Lipinski definition) is 1. The van der Waals surface area contributed by atoms with Crippen molar-refractivity contribution in [3.8, 4) is 0 Å². The molecule has 0 aliphatic carbocycles. The van der Waals surface area contributed by atoms with Gasteiger partial charge in [-0.3, -0.25) is 0 Å². The number of halogens is 1. The molecule has 0 bridgehead atoms. The quantitative estimate of drug-likeness (QED) is 0.834. The van der Waals surface area contributed by atoms with Gasteiger partial charge in [0, 0.05) is 17.3 Å². The molecule has 0 amide bonds. The van der Waals surface area contributed by atoms with Crippen LogP contribution in [0.5, 0.6) is 0 Å². The summed E-state index contributed by atoms with van der Waals surface area (Å²) in [6.45, 7) is 7.39. The Balaban J connectivity index is 1.98. The van der Waals surface area contributed by atoms with E-state index in [1.165, 1.54) is 27.9 Å². The minimum absolute atomic E-state index is 0.793. The monoisotopic (exact) mass is 273 g/mol. The first-order chi connectivity index (χ1) is 9.06. The van der Waals surface area contributed by atoms with E-state index in [9.17, 15) is 0 Å². The second-order valence-corrected chi connectivity index (χ2v) is 5.51. The highest BCUT2D eigenvalue weighted by Crippen LogP contribution is 2.21. The zero-order valence-electron chi connectivity index (χ0n) is 11.8. The van der Waals surface area contributed by atoms with Gasteiger partial charge in [-0.25, -0.2) is 0 Å². The van der Waals surface area contributed by atoms with Gasteiger partial charge in [-0.2, -0.15) is 0 Å². The summed E-state index contributed by atoms with van der Waals surface area (Å²) in [7, 11) is 0. The maximum Gasteiger partial charge on any atom is 0.0406 e. The lowest BCUT2D eigenvalue weighted by atomic mass is 10.0. The Morgan fingerprint density at radius 3 is 2.11 bits per heavy atom. The second-order valence-electron chi connectivity index (χ2n) is 5.08. The van der Waals surface area contributed by atoms with Crippen molar-refractivity contribution < 1.29 is 0 Å². The smallest absolute Gasteiger partial charge is 0.0406 e. The Morgan fingerprint density at radius 1 is 0.947 bits per heavy atom. The largest absolute Gasteiger partial charge is 0.384 e. The van der Waals surface area contributed by atoms with Crippen LogP contribution in [0.25, 0.3) is 0 Å². The van der Waals surface area contributed by atoms with E-state index in [-0.39, 0.29) is 0 Å². The van der Waals surface area contributed by atoms with Crippen LogP contribution >= 0.6 is 11.6 Å². The van der Waals surface area contributed by atoms with Crippen molar-refractivity contribution in [3.63, 3.8) is 0 Å². The SMILES string of the molecule is Cc1cc(C)c(NCCc2ccc(Cl)cc2)c(C)c1. The Kier molecular flexibility index (Phi) is 4.49. The van der Waals surface area contributed by atoms with Crippen molar-refractivity contribution in [1.29, 1.82) is 0 Å². The van der Waals surface area contributed by atoms with E-state index in [0.717, 1.165) is 18.0 Å². The van der Waals surface area contributed by atoms with Gasteiger partial charge >= 0.3 is 0 Å². The highest BCUT2D eigenvalue weighted by molar-refractivity contribution is 6.30. The molecule has 2 aromatic rings. The van der Waals surface area contributed by atoms with Crippen molar-refractivity contribution in [2.24, 2.45) is 0 Å². The molecule has 19 heavy (non-hydrogen) atoms. The number of benzene rings is 2. The molecule has 0 saturated heterocycles. The van der Waals surface area contributed by atoms with Crippen LogP contribution in [-0.2, 0) is 6.42 Å². The van der Waals surface area contributed by atoms with Crippen LogP contribution in [0.3, 0.4) is 0 Å². The highest BCUT2D eigenvalue weighted by atomic mass is 35.5. The van der Waals surface area contributed by atoms with Gasteiger partial charge in [0.15, 0.2) is 0 Å². The van der Waals surface area contributed by atoms with Crippen molar-refractivity contribution in [2.45, 2.75) is 27.2 Å². The minimum Gasteiger partial charge on any atom is -0.384 e. The van der Waals surface area contributed by atoms with E-state index < -0.39 is 0 Å². The molecule has 1 nitrogen and oxygen atoms in total. The average Bonchev–Trinajstić information content (AvgIpc) is 2.34. The Bertz CT molecular complexity index is 535. The van der Waals surface area contributed by atoms with Gasteiger partial charge < -0.3 is 5.32 Å². The van der Waals surface area contributed by atoms with Gasteiger partial charge in [0.2, 0.25) is 0 Å². The Hall–Kier alpha value is -1.47. The number of anilines is 1. The first-order valence-corrected chi connectivity index (χ1v) is 7.00. The molecular weight excluding hydrogens is 254 g/mol. The number of hydrogen-bond acceptors (Lipinski definition) is 1. The predicted molar refractivity (Wildman–Crippen MR) is 84.3 cm³/mol. The third-order valence-electron chi connectivity index (χ3n) is 3.31. The van der Waals surface area contributed by atoms with E-state index in [2.05, 4.69) is 50.4 Å². The lowest BCUT2D eigenvalue weighted by molar-refractivity contribution is 1.01. The summed E-state index contributed by atoms with van der Waals surface area (Å²) in [5.41, 5.74) is 6.51. The Labute approximate surface area is 120 Å². The molecule has 0 fully saturated rings. The van der Waals surface area contributed by atoms with Crippen LogP contribution in [0, 0.1) is 20.8 Å². The molecule has 2 aromatic carbocycles. The molecule has 0 unspecified atom stereocenters. The molecule has 0 radical (unpaired) electrons. The van der Waals surface area contributed by atoms with Crippen molar-refractivity contribution in [1.82, 2.24) is 0 Å². The molecule has 0 atom stereocenters. The molecule has 0 saturated carbocycles. The first-order valence-electron chi connectivity index (χ1n) is 6.62. The first kappa shape index (κ1) is 14.0. The van der Waals surface area contributed by atoms with Crippen LogP contribution in [-0.4, -0.2) is 6.54 Å². The van der Waals surface area contributed by atoms with E-state index in [1.54, 1.807) is 0 Å². The maximum absolute atomic E-state index is 5.88. The van der Waals surface area contributed by atoms with Crippen LogP contribution in [0.1, 0.15) is 22.3 Å². The minimum atomic E-state index is 0.793. The fourth-order valence-corrected chi connectivity index (χ4v) is 2.57. The molecule has 1 N–H and O–H groups in total. The summed E-state index contributed by atoms with van der Waals surface area (Å²) in [5, 5.41) is 4.33. The number of nitrogens with one attached hydrogen (secondary N) is 1. The summed E-state index contributed by atoms with van der Waals surface area (Å²) in [4.78, 5) is 0. The van der Waals surface area contributed by atoms with Crippen molar-refractivity contribution >= 4 is 17.3 Å². The topological polar surface area (TPSA) is 12.0 Å². The van der Waals surface area contributed by atoms with Gasteiger partial charge in [0.1, 0.15) is 0 Å². The summed E-state index contributed by atoms with van der Waals surface area (Å²) >= 11 is 5.88. The maximum atomic E-state index is 5.88. The lowest BCUT2D eigenvalue weighted by Crippen LogP contribution is -2.07. The van der Waals surface area contributed by atoms with Gasteiger partial charge in [-0.1, -0.05) is 41.4 Å². The lowest BCUT2D eigenvalue weighted by Gasteiger charge is -2.14. The average molecular weight is 274 g/mol. The van der Waals surface area contributed by atoms with Crippen LogP contribution in [0.4, 0.5) is 5.69 Å². The molecular formula is C17H20ClN. The molecule has 2 rings (SSSR count). The fraction of sp³-hybridized carbons (Fsp3) is 0.294. The number of rotatable bonds is 4. The third-order valence-corrected chi connectivity index (χ3v) is 3.56. The predicted octanol–water partition coefficient (Wildman–Crippen LogP) is 4.92. The summed E-state index contributed by atoms with van der Waals surface area (Å²) in [6, 6.07) is 12.5. The van der Waals surface area contributed by atoms with E-state index >= 15 is 0 Å². The molecule has 0 aliphatic rings. The van der Waals surface area contributed by atoms with Gasteiger partial charge in [-0.05, 0) is 56.0 Å². The van der Waals surface area contributed by atoms with Crippen LogP contribution < -0.4 is 5.32 Å². The molecule has 100 valence electrons. The molecule has 0 heterocycles. The third kappa shape index (κ3) is 3.74. The van der Waals surface area contributed by atoms with Crippen LogP contribution in [0.2, 0.25) is 5.02 Å². The van der Waals surface area contributed by atoms with Crippen LogP contribution in [0.15, 0.2) is 36.4 Å². The van der Waals surface area contributed by atoms with Gasteiger partial charge in [-0.15, -0.1) is 0 Å². The van der Waals surface area contributed by atoms with E-state index in [1.807, 2.05) is 12.1 Å². The zero-order valence-corrected chi connectivity index (χ0v) is 12.5. The standard InChI is InChI=1S/C17H20ClN/c1-12-10-13(2)17(14(3)11-12)19-9-8-15-4-6-16(18)7-5-15/h4-7,10-11,19H,8-9H2,1-3H3. The second kappa shape index (κ2) is 6.12. The molecule has 0 aliphatic heterocycles. The summed E-state index contributed by atoms with van der Waals surface area (Å²) < 4.78 is 0. The summed E-state index contributed by atoms with van der Waals surface area (Å²) in [5.74, 6) is 0. The van der Waals surface area contributed by atoms with Crippen molar-refractivity contribution in [3.05, 3.63) is 63.7 Å². The molecule has 2 heteroatoms. The van der Waals surface area contributed by atoms with Gasteiger partial charge in [0.25, 0.3) is 0 Å². The highest BCUT2D eigenvalue weighted by Gasteiger charge is 2.03.